The highest BCUT2D eigenvalue weighted by atomic mass is 16.5. The molecule has 0 heterocycles. The fraction of sp³-hybridized carbons (Fsp3) is 0.571. The van der Waals surface area contributed by atoms with Crippen LogP contribution in [0.3, 0.4) is 0 Å². The molecule has 0 saturated heterocycles. The highest BCUT2D eigenvalue weighted by Gasteiger charge is 2.22. The first-order valence-electron chi connectivity index (χ1n) is 5.77. The second-order valence-electron chi connectivity index (χ2n) is 5.31. The van der Waals surface area contributed by atoms with Gasteiger partial charge in [-0.1, -0.05) is 20.8 Å². The second kappa shape index (κ2) is 5.41. The van der Waals surface area contributed by atoms with Gasteiger partial charge in [0, 0.05) is 6.07 Å². The molecule has 1 atom stereocenters. The number of benzene rings is 1. The Bertz CT molecular complexity index is 344. The molecule has 0 radical (unpaired) electrons. The lowest BCUT2D eigenvalue weighted by molar-refractivity contribution is 0.0635. The van der Waals surface area contributed by atoms with Gasteiger partial charge in [0.2, 0.25) is 0 Å². The largest absolute Gasteiger partial charge is 0.497 e. The van der Waals surface area contributed by atoms with E-state index >= 15 is 0 Å². The van der Waals surface area contributed by atoms with Crippen molar-refractivity contribution in [3.05, 3.63) is 23.8 Å². The summed E-state index contributed by atoms with van der Waals surface area (Å²) in [5, 5.41) is 10.1. The lowest BCUT2D eigenvalue weighted by atomic mass is 9.85. The average molecular weight is 238 g/mol. The normalized spacial score (nSPS) is 13.3. The van der Waals surface area contributed by atoms with Gasteiger partial charge in [-0.15, -0.1) is 0 Å². The van der Waals surface area contributed by atoms with Crippen molar-refractivity contribution in [3.8, 4) is 11.5 Å². The zero-order chi connectivity index (χ0) is 13.1. The van der Waals surface area contributed by atoms with Crippen LogP contribution in [0.4, 0.5) is 0 Å². The molecule has 1 unspecified atom stereocenters. The van der Waals surface area contributed by atoms with Crippen LogP contribution in [0.15, 0.2) is 18.2 Å². The van der Waals surface area contributed by atoms with Gasteiger partial charge in [-0.2, -0.15) is 0 Å². The van der Waals surface area contributed by atoms with Crippen LogP contribution < -0.4 is 9.47 Å². The zero-order valence-electron chi connectivity index (χ0n) is 11.3. The van der Waals surface area contributed by atoms with Gasteiger partial charge in [-0.05, 0) is 29.5 Å². The van der Waals surface area contributed by atoms with E-state index in [1.54, 1.807) is 14.2 Å². The van der Waals surface area contributed by atoms with Crippen LogP contribution in [0.1, 0.15) is 26.3 Å². The lowest BCUT2D eigenvalue weighted by Crippen LogP contribution is -2.28. The van der Waals surface area contributed by atoms with Gasteiger partial charge < -0.3 is 14.6 Å². The first kappa shape index (κ1) is 13.8. The predicted molar refractivity (Wildman–Crippen MR) is 68.7 cm³/mol. The van der Waals surface area contributed by atoms with Crippen molar-refractivity contribution >= 4 is 0 Å². The minimum Gasteiger partial charge on any atom is -0.497 e. The number of hydrogen-bond acceptors (Lipinski definition) is 3. The van der Waals surface area contributed by atoms with Crippen LogP contribution in [0.5, 0.6) is 11.5 Å². The Morgan fingerprint density at radius 1 is 1.06 bits per heavy atom. The highest BCUT2D eigenvalue weighted by Crippen LogP contribution is 2.27. The average Bonchev–Trinajstić information content (AvgIpc) is 2.27. The lowest BCUT2D eigenvalue weighted by Gasteiger charge is -2.26. The van der Waals surface area contributed by atoms with E-state index in [2.05, 4.69) is 0 Å². The standard InChI is InChI=1S/C14H22O3/c1-14(2,3)13(15)8-10-6-11(16-4)9-12(7-10)17-5/h6-7,9,13,15H,8H2,1-5H3. The van der Waals surface area contributed by atoms with Crippen LogP contribution in [0, 0.1) is 5.41 Å². The molecule has 96 valence electrons. The third-order valence-electron chi connectivity index (χ3n) is 2.84. The van der Waals surface area contributed by atoms with E-state index < -0.39 is 0 Å². The molecule has 1 aromatic rings. The zero-order valence-corrected chi connectivity index (χ0v) is 11.3. The molecule has 0 aromatic heterocycles. The highest BCUT2D eigenvalue weighted by molar-refractivity contribution is 5.38. The molecule has 0 spiro atoms. The van der Waals surface area contributed by atoms with Crippen LogP contribution in [0.25, 0.3) is 0 Å². The van der Waals surface area contributed by atoms with Crippen LogP contribution in [-0.2, 0) is 6.42 Å². The summed E-state index contributed by atoms with van der Waals surface area (Å²) in [7, 11) is 3.25. The van der Waals surface area contributed by atoms with Gasteiger partial charge in [0.05, 0.1) is 20.3 Å². The topological polar surface area (TPSA) is 38.7 Å². The van der Waals surface area contributed by atoms with E-state index in [-0.39, 0.29) is 11.5 Å². The molecule has 1 N–H and O–H groups in total. The smallest absolute Gasteiger partial charge is 0.122 e. The van der Waals surface area contributed by atoms with E-state index in [9.17, 15) is 5.11 Å². The Balaban J connectivity index is 2.90. The van der Waals surface area contributed by atoms with Crippen molar-refractivity contribution in [2.24, 2.45) is 5.41 Å². The maximum Gasteiger partial charge on any atom is 0.122 e. The SMILES string of the molecule is COc1cc(CC(O)C(C)(C)C)cc(OC)c1. The fourth-order valence-electron chi connectivity index (χ4n) is 1.51. The number of aliphatic hydroxyl groups excluding tert-OH is 1. The minimum atomic E-state index is -0.390. The van der Waals surface area contributed by atoms with E-state index in [4.69, 9.17) is 9.47 Å². The molecule has 0 aliphatic carbocycles. The van der Waals surface area contributed by atoms with Gasteiger partial charge in [-0.3, -0.25) is 0 Å². The molecule has 0 saturated carbocycles. The quantitative estimate of drug-likeness (QED) is 0.876. The van der Waals surface area contributed by atoms with Crippen molar-refractivity contribution < 1.29 is 14.6 Å². The molecular formula is C14H22O3. The Hall–Kier alpha value is -1.22. The van der Waals surface area contributed by atoms with Crippen LogP contribution in [-0.4, -0.2) is 25.4 Å². The first-order chi connectivity index (χ1) is 7.86. The molecule has 3 nitrogen and oxygen atoms in total. The second-order valence-corrected chi connectivity index (χ2v) is 5.31. The maximum absolute atomic E-state index is 10.1. The molecule has 1 aromatic carbocycles. The summed E-state index contributed by atoms with van der Waals surface area (Å²) in [6, 6.07) is 5.68. The maximum atomic E-state index is 10.1. The predicted octanol–water partition coefficient (Wildman–Crippen LogP) is 2.65. The molecular weight excluding hydrogens is 216 g/mol. The Morgan fingerprint density at radius 3 is 1.88 bits per heavy atom. The Kier molecular flexibility index (Phi) is 4.40. The third kappa shape index (κ3) is 3.93. The molecule has 0 fully saturated rings. The van der Waals surface area contributed by atoms with Crippen molar-refractivity contribution in [1.82, 2.24) is 0 Å². The summed E-state index contributed by atoms with van der Waals surface area (Å²) >= 11 is 0. The van der Waals surface area contributed by atoms with Gasteiger partial charge in [0.15, 0.2) is 0 Å². The van der Waals surface area contributed by atoms with E-state index in [1.807, 2.05) is 39.0 Å². The van der Waals surface area contributed by atoms with Crippen molar-refractivity contribution in [2.75, 3.05) is 14.2 Å². The van der Waals surface area contributed by atoms with Crippen molar-refractivity contribution in [1.29, 1.82) is 0 Å². The Morgan fingerprint density at radius 2 is 1.53 bits per heavy atom. The summed E-state index contributed by atoms with van der Waals surface area (Å²) in [6.45, 7) is 6.07. The first-order valence-corrected chi connectivity index (χ1v) is 5.77. The minimum absolute atomic E-state index is 0.129. The Labute approximate surface area is 103 Å². The molecule has 3 heteroatoms. The summed E-state index contributed by atoms with van der Waals surface area (Å²) in [6.07, 6.45) is 0.205. The number of methoxy groups -OCH3 is 2. The van der Waals surface area contributed by atoms with Crippen molar-refractivity contribution in [2.45, 2.75) is 33.3 Å². The number of hydrogen-bond donors (Lipinski definition) is 1. The van der Waals surface area contributed by atoms with E-state index in [0.29, 0.717) is 6.42 Å². The van der Waals surface area contributed by atoms with Crippen LogP contribution in [0.2, 0.25) is 0 Å². The summed E-state index contributed by atoms with van der Waals surface area (Å²) in [5.41, 5.74) is 0.889. The number of rotatable bonds is 4. The van der Waals surface area contributed by atoms with E-state index in [0.717, 1.165) is 17.1 Å². The van der Waals surface area contributed by atoms with Gasteiger partial charge >= 0.3 is 0 Å². The van der Waals surface area contributed by atoms with Gasteiger partial charge in [0.1, 0.15) is 11.5 Å². The number of aliphatic hydroxyl groups is 1. The summed E-state index contributed by atoms with van der Waals surface area (Å²) in [4.78, 5) is 0. The molecule has 0 bridgehead atoms. The van der Waals surface area contributed by atoms with Gasteiger partial charge in [-0.25, -0.2) is 0 Å². The fourth-order valence-corrected chi connectivity index (χ4v) is 1.51. The van der Waals surface area contributed by atoms with Crippen molar-refractivity contribution in [3.63, 3.8) is 0 Å². The molecule has 1 rings (SSSR count). The third-order valence-corrected chi connectivity index (χ3v) is 2.84. The summed E-state index contributed by atoms with van der Waals surface area (Å²) < 4.78 is 10.4. The number of ether oxygens (including phenoxy) is 2. The van der Waals surface area contributed by atoms with Crippen LogP contribution >= 0.6 is 0 Å². The monoisotopic (exact) mass is 238 g/mol. The summed E-state index contributed by atoms with van der Waals surface area (Å²) in [5.74, 6) is 1.50. The molecule has 17 heavy (non-hydrogen) atoms. The molecule has 0 amide bonds. The molecule has 0 aliphatic rings. The van der Waals surface area contributed by atoms with Gasteiger partial charge in [0.25, 0.3) is 0 Å². The van der Waals surface area contributed by atoms with E-state index in [1.165, 1.54) is 0 Å². The molecule has 0 aliphatic heterocycles.